The standard InChI is InChI=1S/C18H21N3O6/c1-20-4-3-10-11(6-19-17(24)9-5-12(22)21(2)7-9)15-16(27-8-26-15)14(23)13(10)18(20)25/h9,23H,3-8H2,1-2H3,(H,19,24). The van der Waals surface area contributed by atoms with Gasteiger partial charge in [-0.2, -0.15) is 0 Å². The Morgan fingerprint density at radius 2 is 1.96 bits per heavy atom. The third-order valence-electron chi connectivity index (χ3n) is 5.41. The average molecular weight is 375 g/mol. The maximum Gasteiger partial charge on any atom is 0.257 e. The Morgan fingerprint density at radius 1 is 1.22 bits per heavy atom. The fraction of sp³-hybridized carbons (Fsp3) is 0.500. The minimum atomic E-state index is -0.395. The first kappa shape index (κ1) is 17.4. The largest absolute Gasteiger partial charge is 0.504 e. The average Bonchev–Trinajstić information content (AvgIpc) is 3.25. The minimum Gasteiger partial charge on any atom is -0.504 e. The molecule has 0 saturated carbocycles. The predicted octanol–water partition coefficient (Wildman–Crippen LogP) is -0.156. The maximum absolute atomic E-state index is 12.5. The number of hydrogen-bond acceptors (Lipinski definition) is 6. The highest BCUT2D eigenvalue weighted by Gasteiger charge is 2.36. The van der Waals surface area contributed by atoms with Gasteiger partial charge >= 0.3 is 0 Å². The molecule has 2 N–H and O–H groups in total. The van der Waals surface area contributed by atoms with Gasteiger partial charge in [-0.05, 0) is 12.0 Å². The van der Waals surface area contributed by atoms with Crippen molar-refractivity contribution < 1.29 is 29.0 Å². The number of carbonyl (C=O) groups is 3. The van der Waals surface area contributed by atoms with E-state index in [1.807, 2.05) is 0 Å². The van der Waals surface area contributed by atoms with Crippen LogP contribution in [-0.2, 0) is 22.6 Å². The number of aromatic hydroxyl groups is 1. The van der Waals surface area contributed by atoms with Gasteiger partial charge in [-0.3, -0.25) is 14.4 Å². The molecule has 1 fully saturated rings. The number of fused-ring (bicyclic) bond motifs is 2. The third kappa shape index (κ3) is 2.73. The molecule has 1 aromatic carbocycles. The van der Waals surface area contributed by atoms with Crippen LogP contribution in [-0.4, -0.2) is 66.6 Å². The molecule has 3 aliphatic heterocycles. The second kappa shape index (κ2) is 6.33. The van der Waals surface area contributed by atoms with Crippen LogP contribution in [0.25, 0.3) is 0 Å². The molecule has 1 unspecified atom stereocenters. The van der Waals surface area contributed by atoms with Crippen LogP contribution >= 0.6 is 0 Å². The van der Waals surface area contributed by atoms with Crippen molar-refractivity contribution in [3.05, 3.63) is 16.7 Å². The van der Waals surface area contributed by atoms with E-state index in [-0.39, 0.29) is 54.5 Å². The SMILES string of the molecule is CN1CC(C(=O)NCc2c3c(c(O)c4c2OCO4)C(=O)N(C)CC3)CC1=O. The molecule has 3 aliphatic rings. The molecule has 1 atom stereocenters. The van der Waals surface area contributed by atoms with E-state index in [2.05, 4.69) is 5.32 Å². The Kier molecular flexibility index (Phi) is 4.09. The quantitative estimate of drug-likeness (QED) is 0.760. The lowest BCUT2D eigenvalue weighted by atomic mass is 9.91. The molecule has 1 aromatic rings. The molecule has 0 radical (unpaired) electrons. The summed E-state index contributed by atoms with van der Waals surface area (Å²) in [6.07, 6.45) is 0.731. The van der Waals surface area contributed by atoms with E-state index >= 15 is 0 Å². The lowest BCUT2D eigenvalue weighted by Gasteiger charge is -2.28. The first-order valence-electron chi connectivity index (χ1n) is 8.82. The molecule has 4 rings (SSSR count). The van der Waals surface area contributed by atoms with E-state index in [9.17, 15) is 19.5 Å². The van der Waals surface area contributed by atoms with E-state index in [0.29, 0.717) is 36.4 Å². The van der Waals surface area contributed by atoms with Crippen molar-refractivity contribution in [3.63, 3.8) is 0 Å². The Bertz CT molecular complexity index is 852. The number of hydrogen-bond donors (Lipinski definition) is 2. The fourth-order valence-electron chi connectivity index (χ4n) is 3.85. The van der Waals surface area contributed by atoms with Gasteiger partial charge in [0, 0.05) is 45.7 Å². The van der Waals surface area contributed by atoms with Crippen LogP contribution in [0.2, 0.25) is 0 Å². The summed E-state index contributed by atoms with van der Waals surface area (Å²) >= 11 is 0. The number of likely N-dealkylation sites (tertiary alicyclic amines) is 1. The molecule has 144 valence electrons. The molecule has 0 spiro atoms. The first-order valence-corrected chi connectivity index (χ1v) is 8.82. The summed E-state index contributed by atoms with van der Waals surface area (Å²) in [6.45, 7) is 0.977. The fourth-order valence-corrected chi connectivity index (χ4v) is 3.85. The number of rotatable bonds is 3. The van der Waals surface area contributed by atoms with Gasteiger partial charge in [-0.1, -0.05) is 0 Å². The van der Waals surface area contributed by atoms with Crippen molar-refractivity contribution in [2.45, 2.75) is 19.4 Å². The number of ether oxygens (including phenoxy) is 2. The van der Waals surface area contributed by atoms with Crippen molar-refractivity contribution in [1.82, 2.24) is 15.1 Å². The summed E-state index contributed by atoms with van der Waals surface area (Å²) < 4.78 is 10.9. The second-order valence-electron chi connectivity index (χ2n) is 7.12. The van der Waals surface area contributed by atoms with Crippen LogP contribution < -0.4 is 14.8 Å². The van der Waals surface area contributed by atoms with Gasteiger partial charge in [0.05, 0.1) is 11.5 Å². The van der Waals surface area contributed by atoms with Crippen LogP contribution in [0.4, 0.5) is 0 Å². The molecular formula is C18H21N3O6. The number of amides is 3. The molecule has 3 amide bonds. The Balaban J connectivity index is 1.63. The molecule has 0 bridgehead atoms. The van der Waals surface area contributed by atoms with Gasteiger partial charge in [-0.15, -0.1) is 0 Å². The summed E-state index contributed by atoms with van der Waals surface area (Å²) in [7, 11) is 3.34. The van der Waals surface area contributed by atoms with Crippen molar-refractivity contribution in [3.8, 4) is 17.2 Å². The highest BCUT2D eigenvalue weighted by atomic mass is 16.7. The van der Waals surface area contributed by atoms with Crippen molar-refractivity contribution in [2.75, 3.05) is 34.0 Å². The zero-order valence-electron chi connectivity index (χ0n) is 15.2. The number of carbonyl (C=O) groups excluding carboxylic acids is 3. The van der Waals surface area contributed by atoms with Crippen LogP contribution in [0.3, 0.4) is 0 Å². The number of likely N-dealkylation sites (N-methyl/N-ethyl adjacent to an activating group) is 1. The number of nitrogens with zero attached hydrogens (tertiary/aromatic N) is 2. The van der Waals surface area contributed by atoms with Gasteiger partial charge in [0.1, 0.15) is 0 Å². The topological polar surface area (TPSA) is 108 Å². The van der Waals surface area contributed by atoms with Gasteiger partial charge in [0.2, 0.25) is 24.4 Å². The zero-order valence-corrected chi connectivity index (χ0v) is 15.2. The number of phenols is 1. The van der Waals surface area contributed by atoms with E-state index in [0.717, 1.165) is 0 Å². The van der Waals surface area contributed by atoms with Crippen LogP contribution in [0, 0.1) is 5.92 Å². The molecule has 0 aliphatic carbocycles. The third-order valence-corrected chi connectivity index (χ3v) is 5.41. The minimum absolute atomic E-state index is 0.0524. The van der Waals surface area contributed by atoms with Gasteiger partial charge < -0.3 is 29.7 Å². The summed E-state index contributed by atoms with van der Waals surface area (Å²) in [5.74, 6) is -0.672. The smallest absolute Gasteiger partial charge is 0.257 e. The lowest BCUT2D eigenvalue weighted by Crippen LogP contribution is -2.36. The number of nitrogens with one attached hydrogen (secondary N) is 1. The van der Waals surface area contributed by atoms with Gasteiger partial charge in [0.25, 0.3) is 5.91 Å². The van der Waals surface area contributed by atoms with Crippen LogP contribution in [0.15, 0.2) is 0 Å². The summed E-state index contributed by atoms with van der Waals surface area (Å²) in [6, 6.07) is 0. The molecule has 9 nitrogen and oxygen atoms in total. The zero-order chi connectivity index (χ0) is 19.3. The predicted molar refractivity (Wildman–Crippen MR) is 92.5 cm³/mol. The number of benzene rings is 1. The van der Waals surface area contributed by atoms with Crippen molar-refractivity contribution in [1.29, 1.82) is 0 Å². The maximum atomic E-state index is 12.5. The molecule has 1 saturated heterocycles. The summed E-state index contributed by atoms with van der Waals surface area (Å²) in [5, 5.41) is 13.3. The molecular weight excluding hydrogens is 354 g/mol. The van der Waals surface area contributed by atoms with E-state index in [1.165, 1.54) is 9.80 Å². The van der Waals surface area contributed by atoms with Crippen LogP contribution in [0.1, 0.15) is 27.9 Å². The lowest BCUT2D eigenvalue weighted by molar-refractivity contribution is -0.128. The van der Waals surface area contributed by atoms with E-state index < -0.39 is 5.92 Å². The molecule has 9 heteroatoms. The Hall–Kier alpha value is -2.97. The first-order chi connectivity index (χ1) is 12.9. The molecule has 0 aromatic heterocycles. The highest BCUT2D eigenvalue weighted by Crippen LogP contribution is 2.48. The highest BCUT2D eigenvalue weighted by molar-refractivity contribution is 6.01. The molecule has 27 heavy (non-hydrogen) atoms. The van der Waals surface area contributed by atoms with E-state index in [1.54, 1.807) is 14.1 Å². The van der Waals surface area contributed by atoms with Gasteiger partial charge in [0.15, 0.2) is 11.5 Å². The number of phenolic OH excluding ortho intramolecular Hbond substituents is 1. The normalized spacial score (nSPS) is 20.9. The van der Waals surface area contributed by atoms with Crippen molar-refractivity contribution in [2.24, 2.45) is 5.92 Å². The van der Waals surface area contributed by atoms with Gasteiger partial charge in [-0.25, -0.2) is 0 Å². The monoisotopic (exact) mass is 375 g/mol. The van der Waals surface area contributed by atoms with E-state index in [4.69, 9.17) is 9.47 Å². The second-order valence-corrected chi connectivity index (χ2v) is 7.12. The Morgan fingerprint density at radius 3 is 2.67 bits per heavy atom. The summed E-state index contributed by atoms with van der Waals surface area (Å²) in [4.78, 5) is 39.7. The Labute approximate surface area is 155 Å². The van der Waals surface area contributed by atoms with Crippen LogP contribution in [0.5, 0.6) is 17.2 Å². The van der Waals surface area contributed by atoms with Crippen molar-refractivity contribution >= 4 is 17.7 Å². The summed E-state index contributed by atoms with van der Waals surface area (Å²) in [5.41, 5.74) is 1.51. The molecule has 3 heterocycles.